The van der Waals surface area contributed by atoms with Crippen molar-refractivity contribution in [1.29, 1.82) is 0 Å². The van der Waals surface area contributed by atoms with Gasteiger partial charge >= 0.3 is 6.18 Å². The molecule has 0 saturated heterocycles. The first kappa shape index (κ1) is 16.2. The molecule has 0 aliphatic heterocycles. The lowest BCUT2D eigenvalue weighted by Crippen LogP contribution is -2.40. The monoisotopic (exact) mass is 316 g/mol. The number of alkyl halides is 3. The third kappa shape index (κ3) is 3.35. The van der Waals surface area contributed by atoms with Crippen LogP contribution in [0, 0.1) is 0 Å². The second-order valence-electron chi connectivity index (χ2n) is 5.08. The average Bonchev–Trinajstić information content (AvgIpc) is 2.86. The Bertz CT molecular complexity index is 681. The van der Waals surface area contributed by atoms with E-state index >= 15 is 0 Å². The molecule has 0 aliphatic rings. The number of carbonyl (C=O) groups is 1. The van der Waals surface area contributed by atoms with E-state index in [1.807, 2.05) is 23.7 Å². The minimum absolute atomic E-state index is 0.0795. The summed E-state index contributed by atoms with van der Waals surface area (Å²) in [6.07, 6.45) is -4.53. The summed E-state index contributed by atoms with van der Waals surface area (Å²) < 4.78 is 38.3. The highest BCUT2D eigenvalue weighted by Gasteiger charge is 2.38. The number of imidazole rings is 1. The van der Waals surface area contributed by atoms with E-state index in [-0.39, 0.29) is 11.6 Å². The molecule has 2 aromatic heterocycles. The molecule has 2 aromatic rings. The number of fused-ring (bicyclic) bond motifs is 1. The number of rotatable bonds is 4. The van der Waals surface area contributed by atoms with Gasteiger partial charge in [0.2, 0.25) is 0 Å². The van der Waals surface area contributed by atoms with Crippen molar-refractivity contribution < 1.29 is 23.1 Å². The van der Waals surface area contributed by atoms with Gasteiger partial charge in [-0.3, -0.25) is 4.79 Å². The fourth-order valence-electron chi connectivity index (χ4n) is 1.83. The zero-order valence-corrected chi connectivity index (χ0v) is 11.9. The van der Waals surface area contributed by atoms with Gasteiger partial charge in [0.25, 0.3) is 5.91 Å². The number of nitrogens with zero attached hydrogens (tertiary/aromatic N) is 3. The maximum Gasteiger partial charge on any atom is 0.416 e. The maximum absolute atomic E-state index is 12.2. The smallest absolute Gasteiger partial charge is 0.382 e. The number of aromatic nitrogens is 3. The van der Waals surface area contributed by atoms with Crippen LogP contribution in [0.2, 0.25) is 0 Å². The molecule has 1 amide bonds. The molecule has 1 atom stereocenters. The van der Waals surface area contributed by atoms with Crippen molar-refractivity contribution in [2.45, 2.75) is 32.2 Å². The van der Waals surface area contributed by atoms with Crippen LogP contribution in [0.1, 0.15) is 30.2 Å². The third-order valence-corrected chi connectivity index (χ3v) is 3.07. The molecule has 1 unspecified atom stereocenters. The Labute approximate surface area is 124 Å². The summed E-state index contributed by atoms with van der Waals surface area (Å²) in [5, 5.41) is 10.9. The van der Waals surface area contributed by atoms with Crippen molar-refractivity contribution in [2.75, 3.05) is 6.54 Å². The molecular weight excluding hydrogens is 301 g/mol. The highest BCUT2D eigenvalue weighted by Crippen LogP contribution is 2.19. The van der Waals surface area contributed by atoms with Crippen LogP contribution < -0.4 is 5.32 Å². The Kier molecular flexibility index (Phi) is 4.36. The lowest BCUT2D eigenvalue weighted by atomic mass is 10.2. The van der Waals surface area contributed by atoms with Gasteiger partial charge in [-0.2, -0.15) is 13.2 Å². The molecule has 0 saturated carbocycles. The first-order valence-electron chi connectivity index (χ1n) is 6.55. The maximum atomic E-state index is 12.2. The minimum atomic E-state index is -4.77. The molecule has 2 heterocycles. The number of amides is 1. The number of nitrogens with one attached hydrogen (secondary N) is 1. The van der Waals surface area contributed by atoms with Crippen LogP contribution >= 0.6 is 0 Å². The number of carbonyl (C=O) groups excluding carboxylic acids is 1. The summed E-state index contributed by atoms with van der Waals surface area (Å²) in [5.41, 5.74) is 1.13. The molecule has 0 aromatic carbocycles. The van der Waals surface area contributed by atoms with E-state index in [4.69, 9.17) is 5.11 Å². The Morgan fingerprint density at radius 3 is 2.68 bits per heavy atom. The standard InChI is InChI=1S/C13H15F3N4O2/c1-7(2)20-6-19-9-3-8(4-17-11(9)20)12(22)18-5-10(21)13(14,15)16/h3-4,6-7,10,21H,5H2,1-2H3,(H,18,22). The molecule has 0 fully saturated rings. The second kappa shape index (κ2) is 5.91. The van der Waals surface area contributed by atoms with Gasteiger partial charge in [-0.25, -0.2) is 9.97 Å². The second-order valence-corrected chi connectivity index (χ2v) is 5.08. The first-order valence-corrected chi connectivity index (χ1v) is 6.55. The predicted molar refractivity (Wildman–Crippen MR) is 72.3 cm³/mol. The summed E-state index contributed by atoms with van der Waals surface area (Å²) in [4.78, 5) is 20.0. The fourth-order valence-corrected chi connectivity index (χ4v) is 1.83. The number of halogens is 3. The number of aliphatic hydroxyl groups excluding tert-OH is 1. The molecule has 2 rings (SSSR count). The Morgan fingerprint density at radius 2 is 2.09 bits per heavy atom. The largest absolute Gasteiger partial charge is 0.416 e. The molecule has 0 spiro atoms. The SMILES string of the molecule is CC(C)n1cnc2cc(C(=O)NCC(O)C(F)(F)F)cnc21. The van der Waals surface area contributed by atoms with Gasteiger partial charge in [0.05, 0.1) is 18.4 Å². The van der Waals surface area contributed by atoms with Gasteiger partial charge in [0.1, 0.15) is 5.52 Å². The fraction of sp³-hybridized carbons (Fsp3) is 0.462. The molecule has 2 N–H and O–H groups in total. The van der Waals surface area contributed by atoms with Gasteiger partial charge in [0, 0.05) is 12.2 Å². The lowest BCUT2D eigenvalue weighted by molar-refractivity contribution is -0.201. The summed E-state index contributed by atoms with van der Waals surface area (Å²) in [6, 6.07) is 1.58. The van der Waals surface area contributed by atoms with Crippen LogP contribution in [0.5, 0.6) is 0 Å². The van der Waals surface area contributed by atoms with Crippen LogP contribution in [0.25, 0.3) is 11.2 Å². The first-order chi connectivity index (χ1) is 10.2. The zero-order chi connectivity index (χ0) is 16.5. The van der Waals surface area contributed by atoms with E-state index in [9.17, 15) is 18.0 Å². The van der Waals surface area contributed by atoms with Crippen molar-refractivity contribution in [3.8, 4) is 0 Å². The van der Waals surface area contributed by atoms with Crippen molar-refractivity contribution in [1.82, 2.24) is 19.9 Å². The van der Waals surface area contributed by atoms with Gasteiger partial charge in [0.15, 0.2) is 11.8 Å². The van der Waals surface area contributed by atoms with E-state index in [1.165, 1.54) is 12.3 Å². The van der Waals surface area contributed by atoms with Crippen LogP contribution in [0.4, 0.5) is 13.2 Å². The highest BCUT2D eigenvalue weighted by molar-refractivity contribution is 5.96. The van der Waals surface area contributed by atoms with Crippen molar-refractivity contribution in [3.05, 3.63) is 24.2 Å². The molecule has 0 aliphatic carbocycles. The Morgan fingerprint density at radius 1 is 1.41 bits per heavy atom. The zero-order valence-electron chi connectivity index (χ0n) is 11.9. The van der Waals surface area contributed by atoms with Crippen molar-refractivity contribution >= 4 is 17.1 Å². The Balaban J connectivity index is 2.12. The normalized spacial score (nSPS) is 13.6. The summed E-state index contributed by atoms with van der Waals surface area (Å²) in [7, 11) is 0. The molecule has 22 heavy (non-hydrogen) atoms. The van der Waals surface area contributed by atoms with Crippen LogP contribution in [0.3, 0.4) is 0 Å². The van der Waals surface area contributed by atoms with E-state index in [0.717, 1.165) is 0 Å². The number of hydrogen-bond acceptors (Lipinski definition) is 4. The summed E-state index contributed by atoms with van der Waals surface area (Å²) in [6.45, 7) is 2.98. The van der Waals surface area contributed by atoms with Crippen LogP contribution in [-0.2, 0) is 0 Å². The van der Waals surface area contributed by atoms with Crippen LogP contribution in [-0.4, -0.2) is 44.4 Å². The van der Waals surface area contributed by atoms with Gasteiger partial charge in [-0.05, 0) is 19.9 Å². The number of pyridine rings is 1. The van der Waals surface area contributed by atoms with E-state index in [0.29, 0.717) is 11.2 Å². The number of hydrogen-bond donors (Lipinski definition) is 2. The van der Waals surface area contributed by atoms with E-state index in [2.05, 4.69) is 9.97 Å². The quantitative estimate of drug-likeness (QED) is 0.899. The Hall–Kier alpha value is -2.16. The van der Waals surface area contributed by atoms with Gasteiger partial charge < -0.3 is 15.0 Å². The molecule has 0 bridgehead atoms. The van der Waals surface area contributed by atoms with Crippen LogP contribution in [0.15, 0.2) is 18.6 Å². The van der Waals surface area contributed by atoms with Crippen molar-refractivity contribution in [3.63, 3.8) is 0 Å². The highest BCUT2D eigenvalue weighted by atomic mass is 19.4. The molecule has 6 nitrogen and oxygen atoms in total. The van der Waals surface area contributed by atoms with Crippen molar-refractivity contribution in [2.24, 2.45) is 0 Å². The van der Waals surface area contributed by atoms with E-state index in [1.54, 1.807) is 6.33 Å². The molecule has 120 valence electrons. The average molecular weight is 316 g/mol. The van der Waals surface area contributed by atoms with Gasteiger partial charge in [-0.1, -0.05) is 0 Å². The number of aliphatic hydroxyl groups is 1. The lowest BCUT2D eigenvalue weighted by Gasteiger charge is -2.14. The predicted octanol–water partition coefficient (Wildman–Crippen LogP) is 1.67. The van der Waals surface area contributed by atoms with E-state index < -0.39 is 24.7 Å². The molecule has 0 radical (unpaired) electrons. The molecule has 9 heteroatoms. The summed E-state index contributed by atoms with van der Waals surface area (Å²) >= 11 is 0. The molecular formula is C13H15F3N4O2. The third-order valence-electron chi connectivity index (χ3n) is 3.07. The summed E-state index contributed by atoms with van der Waals surface area (Å²) in [5.74, 6) is -0.753. The van der Waals surface area contributed by atoms with Gasteiger partial charge in [-0.15, -0.1) is 0 Å². The topological polar surface area (TPSA) is 80.0 Å². The minimum Gasteiger partial charge on any atom is -0.382 e.